The smallest absolute Gasteiger partial charge is 0.132 e. The van der Waals surface area contributed by atoms with Crippen LogP contribution in [0.15, 0.2) is 42.5 Å². The van der Waals surface area contributed by atoms with Gasteiger partial charge in [-0.1, -0.05) is 43.6 Å². The lowest BCUT2D eigenvalue weighted by atomic mass is 10.0. The maximum absolute atomic E-state index is 6.01. The second-order valence-electron chi connectivity index (χ2n) is 4.75. The van der Waals surface area contributed by atoms with E-state index in [0.29, 0.717) is 17.5 Å². The van der Waals surface area contributed by atoms with Crippen molar-refractivity contribution in [2.45, 2.75) is 26.3 Å². The first kappa shape index (κ1) is 13.9. The van der Waals surface area contributed by atoms with E-state index in [1.54, 1.807) is 0 Å². The van der Waals surface area contributed by atoms with Crippen molar-refractivity contribution in [2.75, 3.05) is 0 Å². The Bertz CT molecular complexity index is 566. The fourth-order valence-corrected chi connectivity index (χ4v) is 2.17. The van der Waals surface area contributed by atoms with Crippen molar-refractivity contribution in [2.24, 2.45) is 5.73 Å². The molecule has 2 nitrogen and oxygen atoms in total. The predicted octanol–water partition coefficient (Wildman–Crippen LogP) is 4.71. The van der Waals surface area contributed by atoms with Crippen LogP contribution in [0.5, 0.6) is 11.5 Å². The lowest BCUT2D eigenvalue weighted by molar-refractivity contribution is 0.467. The molecule has 0 saturated carbocycles. The summed E-state index contributed by atoms with van der Waals surface area (Å²) in [6.45, 7) is 4.70. The minimum atomic E-state index is 0.403. The normalized spacial score (nSPS) is 10.8. The second kappa shape index (κ2) is 6.09. The molecule has 100 valence electrons. The molecule has 2 N–H and O–H groups in total. The second-order valence-corrected chi connectivity index (χ2v) is 5.19. The summed E-state index contributed by atoms with van der Waals surface area (Å²) in [5.41, 5.74) is 7.82. The number of benzene rings is 2. The van der Waals surface area contributed by atoms with E-state index < -0.39 is 0 Å². The molecule has 0 fully saturated rings. The average Bonchev–Trinajstić information content (AvgIpc) is 2.41. The SMILES string of the molecule is CC(C)c1ccccc1Oc1ccc(Cl)cc1CN. The molecule has 0 unspecified atom stereocenters. The van der Waals surface area contributed by atoms with Crippen LogP contribution >= 0.6 is 11.6 Å². The van der Waals surface area contributed by atoms with Gasteiger partial charge in [0.25, 0.3) is 0 Å². The first-order chi connectivity index (χ1) is 9.11. The van der Waals surface area contributed by atoms with Crippen molar-refractivity contribution in [3.63, 3.8) is 0 Å². The van der Waals surface area contributed by atoms with Gasteiger partial charge in [-0.3, -0.25) is 0 Å². The summed E-state index contributed by atoms with van der Waals surface area (Å²) in [5, 5.41) is 0.671. The van der Waals surface area contributed by atoms with Crippen molar-refractivity contribution in [1.29, 1.82) is 0 Å². The first-order valence-electron chi connectivity index (χ1n) is 6.37. The van der Waals surface area contributed by atoms with Gasteiger partial charge in [-0.05, 0) is 35.7 Å². The van der Waals surface area contributed by atoms with Crippen molar-refractivity contribution >= 4 is 11.6 Å². The van der Waals surface area contributed by atoms with E-state index in [2.05, 4.69) is 19.9 Å². The predicted molar refractivity (Wildman–Crippen MR) is 79.9 cm³/mol. The number of para-hydroxylation sites is 1. The summed E-state index contributed by atoms with van der Waals surface area (Å²) in [6, 6.07) is 13.6. The van der Waals surface area contributed by atoms with Gasteiger partial charge in [-0.15, -0.1) is 0 Å². The van der Waals surface area contributed by atoms with E-state index in [4.69, 9.17) is 22.1 Å². The summed E-state index contributed by atoms with van der Waals surface area (Å²) in [4.78, 5) is 0. The molecule has 0 atom stereocenters. The van der Waals surface area contributed by atoms with Gasteiger partial charge < -0.3 is 10.5 Å². The van der Waals surface area contributed by atoms with Gasteiger partial charge >= 0.3 is 0 Å². The quantitative estimate of drug-likeness (QED) is 0.877. The zero-order valence-corrected chi connectivity index (χ0v) is 11.9. The number of hydrogen-bond acceptors (Lipinski definition) is 2. The molecule has 0 aliphatic heterocycles. The van der Waals surface area contributed by atoms with Crippen LogP contribution in [-0.2, 0) is 6.54 Å². The van der Waals surface area contributed by atoms with E-state index >= 15 is 0 Å². The molecule has 0 saturated heterocycles. The Kier molecular flexibility index (Phi) is 4.46. The molecule has 2 aromatic rings. The van der Waals surface area contributed by atoms with E-state index in [1.807, 2.05) is 36.4 Å². The van der Waals surface area contributed by atoms with Crippen LogP contribution in [0.1, 0.15) is 30.9 Å². The van der Waals surface area contributed by atoms with Crippen LogP contribution < -0.4 is 10.5 Å². The highest BCUT2D eigenvalue weighted by atomic mass is 35.5. The summed E-state index contributed by atoms with van der Waals surface area (Å²) in [6.07, 6.45) is 0. The van der Waals surface area contributed by atoms with Gasteiger partial charge in [-0.2, -0.15) is 0 Å². The highest BCUT2D eigenvalue weighted by molar-refractivity contribution is 6.30. The standard InChI is InChI=1S/C16H18ClNO/c1-11(2)14-5-3-4-6-16(14)19-15-8-7-13(17)9-12(15)10-18/h3-9,11H,10,18H2,1-2H3. The fraction of sp³-hybridized carbons (Fsp3) is 0.250. The van der Waals surface area contributed by atoms with Gasteiger partial charge in [0.2, 0.25) is 0 Å². The van der Waals surface area contributed by atoms with E-state index in [9.17, 15) is 0 Å². The van der Waals surface area contributed by atoms with Crippen molar-refractivity contribution in [1.82, 2.24) is 0 Å². The van der Waals surface area contributed by atoms with E-state index in [1.165, 1.54) is 5.56 Å². The van der Waals surface area contributed by atoms with E-state index in [-0.39, 0.29) is 0 Å². The Balaban J connectivity index is 2.36. The molecule has 0 heterocycles. The molecule has 0 aliphatic carbocycles. The summed E-state index contributed by atoms with van der Waals surface area (Å²) < 4.78 is 6.01. The summed E-state index contributed by atoms with van der Waals surface area (Å²) in [7, 11) is 0. The van der Waals surface area contributed by atoms with Gasteiger partial charge in [0.05, 0.1) is 0 Å². The van der Waals surface area contributed by atoms with Gasteiger partial charge in [0.15, 0.2) is 0 Å². The molecule has 2 aromatic carbocycles. The molecule has 0 aliphatic rings. The van der Waals surface area contributed by atoms with Crippen LogP contribution in [-0.4, -0.2) is 0 Å². The Morgan fingerprint density at radius 3 is 2.53 bits per heavy atom. The van der Waals surface area contributed by atoms with Gasteiger partial charge in [0.1, 0.15) is 11.5 Å². The van der Waals surface area contributed by atoms with Crippen molar-refractivity contribution < 1.29 is 4.74 Å². The highest BCUT2D eigenvalue weighted by Gasteiger charge is 2.10. The molecule has 0 spiro atoms. The number of hydrogen-bond donors (Lipinski definition) is 1. The Labute approximate surface area is 119 Å². The largest absolute Gasteiger partial charge is 0.457 e. The summed E-state index contributed by atoms with van der Waals surface area (Å²) in [5.74, 6) is 2.04. The molecule has 0 aromatic heterocycles. The van der Waals surface area contributed by atoms with Crippen LogP contribution in [0.3, 0.4) is 0 Å². The molecule has 0 radical (unpaired) electrons. The minimum absolute atomic E-state index is 0.403. The Morgan fingerprint density at radius 2 is 1.84 bits per heavy atom. The first-order valence-corrected chi connectivity index (χ1v) is 6.75. The molecule has 19 heavy (non-hydrogen) atoms. The lowest BCUT2D eigenvalue weighted by Gasteiger charge is -2.15. The van der Waals surface area contributed by atoms with Crippen LogP contribution in [0, 0.1) is 0 Å². The molecular weight excluding hydrogens is 258 g/mol. The van der Waals surface area contributed by atoms with Crippen molar-refractivity contribution in [3.8, 4) is 11.5 Å². The molecule has 0 amide bonds. The average molecular weight is 276 g/mol. The number of ether oxygens (including phenoxy) is 1. The van der Waals surface area contributed by atoms with Crippen LogP contribution in [0.2, 0.25) is 5.02 Å². The molecule has 2 rings (SSSR count). The topological polar surface area (TPSA) is 35.2 Å². The van der Waals surface area contributed by atoms with Crippen LogP contribution in [0.25, 0.3) is 0 Å². The Morgan fingerprint density at radius 1 is 1.11 bits per heavy atom. The molecule has 0 bridgehead atoms. The minimum Gasteiger partial charge on any atom is -0.457 e. The van der Waals surface area contributed by atoms with Crippen LogP contribution in [0.4, 0.5) is 0 Å². The van der Waals surface area contributed by atoms with Crippen molar-refractivity contribution in [3.05, 3.63) is 58.6 Å². The van der Waals surface area contributed by atoms with Gasteiger partial charge in [-0.25, -0.2) is 0 Å². The third-order valence-electron chi connectivity index (χ3n) is 3.00. The zero-order chi connectivity index (χ0) is 13.8. The van der Waals surface area contributed by atoms with E-state index in [0.717, 1.165) is 17.1 Å². The number of halogens is 1. The monoisotopic (exact) mass is 275 g/mol. The fourth-order valence-electron chi connectivity index (χ4n) is 1.98. The summed E-state index contributed by atoms with van der Waals surface area (Å²) >= 11 is 5.97. The maximum atomic E-state index is 6.01. The third-order valence-corrected chi connectivity index (χ3v) is 3.24. The van der Waals surface area contributed by atoms with Gasteiger partial charge in [0, 0.05) is 17.1 Å². The number of nitrogens with two attached hydrogens (primary N) is 1. The zero-order valence-electron chi connectivity index (χ0n) is 11.2. The lowest BCUT2D eigenvalue weighted by Crippen LogP contribution is -2.01. The number of rotatable bonds is 4. The maximum Gasteiger partial charge on any atom is 0.132 e. The highest BCUT2D eigenvalue weighted by Crippen LogP contribution is 2.32. The molecule has 3 heteroatoms. The Hall–Kier alpha value is -1.51. The molecular formula is C16H18ClNO. The third kappa shape index (κ3) is 3.28.